The molecule has 0 saturated carbocycles. The van der Waals surface area contributed by atoms with Crippen LogP contribution in [-0.4, -0.2) is 10.8 Å². The van der Waals surface area contributed by atoms with E-state index in [0.717, 1.165) is 0 Å². The second-order valence-electron chi connectivity index (χ2n) is 4.30. The van der Waals surface area contributed by atoms with Crippen molar-refractivity contribution in [3.05, 3.63) is 74.5 Å². The van der Waals surface area contributed by atoms with Crippen molar-refractivity contribution in [2.45, 2.75) is 0 Å². The highest BCUT2D eigenvalue weighted by Crippen LogP contribution is 2.27. The van der Waals surface area contributed by atoms with Gasteiger partial charge >= 0.3 is 0 Å². The molecule has 0 aliphatic carbocycles. The lowest BCUT2D eigenvalue weighted by molar-refractivity contribution is -0.384. The number of nitro groups is 1. The summed E-state index contributed by atoms with van der Waals surface area (Å²) in [6, 6.07) is 9.70. The highest BCUT2D eigenvalue weighted by atomic mass is 79.9. The number of benzene rings is 2. The van der Waals surface area contributed by atoms with Gasteiger partial charge < -0.3 is 5.32 Å². The Bertz CT molecular complexity index is 745. The molecule has 0 heterocycles. The van der Waals surface area contributed by atoms with Crippen LogP contribution in [0.1, 0.15) is 5.56 Å². The highest BCUT2D eigenvalue weighted by Gasteiger charge is 2.10. The van der Waals surface area contributed by atoms with E-state index >= 15 is 0 Å². The van der Waals surface area contributed by atoms with E-state index in [9.17, 15) is 19.3 Å². The Morgan fingerprint density at radius 1 is 1.23 bits per heavy atom. The number of hydrogen-bond acceptors (Lipinski definition) is 3. The minimum Gasteiger partial charge on any atom is -0.321 e. The fourth-order valence-electron chi connectivity index (χ4n) is 1.64. The first kappa shape index (κ1) is 15.8. The largest absolute Gasteiger partial charge is 0.321 e. The van der Waals surface area contributed by atoms with E-state index in [4.69, 9.17) is 0 Å². The zero-order valence-electron chi connectivity index (χ0n) is 11.1. The van der Waals surface area contributed by atoms with Gasteiger partial charge in [0.25, 0.3) is 5.69 Å². The van der Waals surface area contributed by atoms with E-state index in [1.165, 1.54) is 54.6 Å². The molecule has 5 nitrogen and oxygen atoms in total. The molecule has 0 spiro atoms. The second kappa shape index (κ2) is 6.95. The average Bonchev–Trinajstić information content (AvgIpc) is 2.48. The van der Waals surface area contributed by atoms with Crippen molar-refractivity contribution in [2.75, 3.05) is 5.32 Å². The van der Waals surface area contributed by atoms with Crippen molar-refractivity contribution in [3.8, 4) is 0 Å². The molecule has 0 aliphatic rings. The maximum atomic E-state index is 12.8. The molecule has 0 aromatic heterocycles. The minimum atomic E-state index is -0.545. The quantitative estimate of drug-likeness (QED) is 0.503. The van der Waals surface area contributed by atoms with Crippen molar-refractivity contribution >= 4 is 39.3 Å². The molecule has 7 heteroatoms. The zero-order chi connectivity index (χ0) is 16.1. The molecule has 1 N–H and O–H groups in total. The number of anilines is 1. The Morgan fingerprint density at radius 2 is 1.91 bits per heavy atom. The molecule has 0 saturated heterocycles. The molecule has 2 rings (SSSR count). The number of hydrogen-bond donors (Lipinski definition) is 1. The van der Waals surface area contributed by atoms with Gasteiger partial charge in [-0.25, -0.2) is 4.39 Å². The highest BCUT2D eigenvalue weighted by molar-refractivity contribution is 9.10. The van der Waals surface area contributed by atoms with E-state index in [2.05, 4.69) is 21.2 Å². The first-order valence-electron chi connectivity index (χ1n) is 6.14. The first-order chi connectivity index (χ1) is 10.5. The fourth-order valence-corrected chi connectivity index (χ4v) is 1.99. The summed E-state index contributed by atoms with van der Waals surface area (Å²) < 4.78 is 13.3. The van der Waals surface area contributed by atoms with Gasteiger partial charge in [0, 0.05) is 22.7 Å². The van der Waals surface area contributed by atoms with Gasteiger partial charge in [-0.05, 0) is 45.8 Å². The molecular formula is C15H10BrFN2O3. The molecule has 0 aliphatic heterocycles. The molecule has 0 bridgehead atoms. The van der Waals surface area contributed by atoms with Crippen LogP contribution in [0, 0.1) is 15.9 Å². The SMILES string of the molecule is O=C(/C=C/c1ccc(F)cc1)Nc1cc([N+](=O)[O-])ccc1Br. The van der Waals surface area contributed by atoms with Crippen LogP contribution in [0.25, 0.3) is 6.08 Å². The van der Waals surface area contributed by atoms with Gasteiger partial charge in [-0.15, -0.1) is 0 Å². The first-order valence-corrected chi connectivity index (χ1v) is 6.93. The Kier molecular flexibility index (Phi) is 5.00. The van der Waals surface area contributed by atoms with Crippen LogP contribution in [0.15, 0.2) is 53.0 Å². The third kappa shape index (κ3) is 4.23. The third-order valence-corrected chi connectivity index (χ3v) is 3.41. The number of carbonyl (C=O) groups excluding carboxylic acids is 1. The number of halogens is 2. The van der Waals surface area contributed by atoms with Crippen molar-refractivity contribution in [1.29, 1.82) is 0 Å². The summed E-state index contributed by atoms with van der Waals surface area (Å²) in [6.45, 7) is 0. The van der Waals surface area contributed by atoms with E-state index in [1.807, 2.05) is 0 Å². The maximum absolute atomic E-state index is 12.8. The van der Waals surface area contributed by atoms with Gasteiger partial charge in [-0.1, -0.05) is 12.1 Å². The smallest absolute Gasteiger partial charge is 0.271 e. The van der Waals surface area contributed by atoms with Crippen LogP contribution in [0.5, 0.6) is 0 Å². The molecule has 0 radical (unpaired) electrons. The van der Waals surface area contributed by atoms with Crippen LogP contribution in [-0.2, 0) is 4.79 Å². The summed E-state index contributed by atoms with van der Waals surface area (Å²) in [5, 5.41) is 13.3. The van der Waals surface area contributed by atoms with Crippen LogP contribution in [0.4, 0.5) is 15.8 Å². The lowest BCUT2D eigenvalue weighted by Gasteiger charge is -2.04. The van der Waals surface area contributed by atoms with Crippen LogP contribution >= 0.6 is 15.9 Å². The summed E-state index contributed by atoms with van der Waals surface area (Å²) in [6.07, 6.45) is 2.78. The molecule has 0 unspecified atom stereocenters. The molecule has 112 valence electrons. The number of nitrogens with zero attached hydrogens (tertiary/aromatic N) is 1. The lowest BCUT2D eigenvalue weighted by atomic mass is 10.2. The Morgan fingerprint density at radius 3 is 2.55 bits per heavy atom. The van der Waals surface area contributed by atoms with E-state index in [0.29, 0.717) is 15.7 Å². The summed E-state index contributed by atoms with van der Waals surface area (Å²) >= 11 is 3.21. The Hall–Kier alpha value is -2.54. The summed E-state index contributed by atoms with van der Waals surface area (Å²) in [7, 11) is 0. The van der Waals surface area contributed by atoms with Crippen molar-refractivity contribution in [2.24, 2.45) is 0 Å². The number of non-ortho nitro benzene ring substituents is 1. The van der Waals surface area contributed by atoms with E-state index in [-0.39, 0.29) is 11.5 Å². The molecule has 2 aromatic carbocycles. The second-order valence-corrected chi connectivity index (χ2v) is 5.15. The van der Waals surface area contributed by atoms with Crippen LogP contribution < -0.4 is 5.32 Å². The zero-order valence-corrected chi connectivity index (χ0v) is 12.7. The third-order valence-electron chi connectivity index (χ3n) is 2.72. The molecular weight excluding hydrogens is 355 g/mol. The summed E-state index contributed by atoms with van der Waals surface area (Å²) in [5.74, 6) is -0.812. The van der Waals surface area contributed by atoms with E-state index in [1.54, 1.807) is 0 Å². The standard InChI is InChI=1S/C15H10BrFN2O3/c16-13-7-6-12(19(21)22)9-14(13)18-15(20)8-3-10-1-4-11(17)5-2-10/h1-9H,(H,18,20)/b8-3+. The van der Waals surface area contributed by atoms with Gasteiger partial charge in [0.05, 0.1) is 10.6 Å². The molecule has 22 heavy (non-hydrogen) atoms. The topological polar surface area (TPSA) is 72.2 Å². The monoisotopic (exact) mass is 364 g/mol. The van der Waals surface area contributed by atoms with Crippen molar-refractivity contribution < 1.29 is 14.1 Å². The lowest BCUT2D eigenvalue weighted by Crippen LogP contribution is -2.08. The number of amides is 1. The summed E-state index contributed by atoms with van der Waals surface area (Å²) in [4.78, 5) is 22.0. The van der Waals surface area contributed by atoms with E-state index < -0.39 is 10.8 Å². The number of nitro benzene ring substituents is 1. The minimum absolute atomic E-state index is 0.124. The van der Waals surface area contributed by atoms with Crippen LogP contribution in [0.2, 0.25) is 0 Å². The predicted octanol–water partition coefficient (Wildman–Crippen LogP) is 4.15. The van der Waals surface area contributed by atoms with Gasteiger partial charge in [0.1, 0.15) is 5.82 Å². The summed E-state index contributed by atoms with van der Waals surface area (Å²) in [5.41, 5.74) is 0.832. The fraction of sp³-hybridized carbons (Fsp3) is 0. The molecule has 1 amide bonds. The Balaban J connectivity index is 2.10. The Labute approximate surface area is 133 Å². The average molecular weight is 365 g/mol. The molecule has 0 fully saturated rings. The maximum Gasteiger partial charge on any atom is 0.271 e. The van der Waals surface area contributed by atoms with Crippen molar-refractivity contribution in [3.63, 3.8) is 0 Å². The number of nitrogens with one attached hydrogen (secondary N) is 1. The normalized spacial score (nSPS) is 10.6. The van der Waals surface area contributed by atoms with Gasteiger partial charge in [0.2, 0.25) is 5.91 Å². The molecule has 2 aromatic rings. The number of carbonyl (C=O) groups is 1. The number of rotatable bonds is 4. The van der Waals surface area contributed by atoms with Gasteiger partial charge in [-0.2, -0.15) is 0 Å². The van der Waals surface area contributed by atoms with Gasteiger partial charge in [0.15, 0.2) is 0 Å². The predicted molar refractivity (Wildman–Crippen MR) is 84.9 cm³/mol. The van der Waals surface area contributed by atoms with Gasteiger partial charge in [-0.3, -0.25) is 14.9 Å². The molecule has 0 atom stereocenters. The van der Waals surface area contributed by atoms with Crippen LogP contribution in [0.3, 0.4) is 0 Å². The van der Waals surface area contributed by atoms with Crippen molar-refractivity contribution in [1.82, 2.24) is 0 Å².